The van der Waals surface area contributed by atoms with Crippen molar-refractivity contribution in [2.24, 2.45) is 0 Å². The van der Waals surface area contributed by atoms with Crippen LogP contribution in [0.3, 0.4) is 0 Å². The minimum atomic E-state index is -0.195. The molecule has 0 aromatic heterocycles. The van der Waals surface area contributed by atoms with Gasteiger partial charge in [-0.1, -0.05) is 43.0 Å². The third-order valence-corrected chi connectivity index (χ3v) is 4.50. The molecule has 3 aromatic carbocycles. The summed E-state index contributed by atoms with van der Waals surface area (Å²) < 4.78 is 5.55. The van der Waals surface area contributed by atoms with E-state index in [1.54, 1.807) is 42.5 Å². The van der Waals surface area contributed by atoms with E-state index < -0.39 is 0 Å². The number of benzene rings is 3. The fourth-order valence-electron chi connectivity index (χ4n) is 2.88. The summed E-state index contributed by atoms with van der Waals surface area (Å²) in [6.07, 6.45) is 0. The monoisotopic (exact) mass is 429 g/mol. The van der Waals surface area contributed by atoms with Crippen LogP contribution in [0.5, 0.6) is 5.75 Å². The molecular formula is C26H27N3O3. The van der Waals surface area contributed by atoms with Crippen LogP contribution in [0.4, 0.5) is 11.4 Å². The van der Waals surface area contributed by atoms with E-state index in [-0.39, 0.29) is 18.4 Å². The molecule has 164 valence electrons. The summed E-state index contributed by atoms with van der Waals surface area (Å²) in [7, 11) is 0. The minimum Gasteiger partial charge on any atom is -0.489 e. The molecule has 2 amide bonds. The van der Waals surface area contributed by atoms with Gasteiger partial charge in [0.2, 0.25) is 5.91 Å². The molecule has 6 nitrogen and oxygen atoms in total. The van der Waals surface area contributed by atoms with Gasteiger partial charge in [-0.25, -0.2) is 0 Å². The van der Waals surface area contributed by atoms with Crippen molar-refractivity contribution in [1.29, 1.82) is 0 Å². The summed E-state index contributed by atoms with van der Waals surface area (Å²) in [5.41, 5.74) is 3.86. The average Bonchev–Trinajstić information content (AvgIpc) is 2.81. The van der Waals surface area contributed by atoms with Crippen molar-refractivity contribution in [2.75, 3.05) is 23.8 Å². The first-order valence-corrected chi connectivity index (χ1v) is 10.3. The van der Waals surface area contributed by atoms with E-state index in [1.807, 2.05) is 43.3 Å². The van der Waals surface area contributed by atoms with Crippen molar-refractivity contribution in [3.05, 3.63) is 102 Å². The Labute approximate surface area is 188 Å². The highest BCUT2D eigenvalue weighted by atomic mass is 16.5. The Kier molecular flexibility index (Phi) is 8.03. The molecule has 0 fully saturated rings. The fourth-order valence-corrected chi connectivity index (χ4v) is 2.88. The van der Waals surface area contributed by atoms with Gasteiger partial charge in [0.25, 0.3) is 5.91 Å². The first-order valence-electron chi connectivity index (χ1n) is 10.3. The van der Waals surface area contributed by atoms with Crippen LogP contribution in [0, 0.1) is 0 Å². The predicted octanol–water partition coefficient (Wildman–Crippen LogP) is 4.62. The quantitative estimate of drug-likeness (QED) is 0.411. The number of hydrogen-bond donors (Lipinski definition) is 3. The maximum Gasteiger partial charge on any atom is 0.251 e. The lowest BCUT2D eigenvalue weighted by Gasteiger charge is -2.10. The van der Waals surface area contributed by atoms with Gasteiger partial charge in [-0.2, -0.15) is 0 Å². The van der Waals surface area contributed by atoms with Crippen LogP contribution in [0.2, 0.25) is 0 Å². The van der Waals surface area contributed by atoms with Gasteiger partial charge in [-0.15, -0.1) is 0 Å². The van der Waals surface area contributed by atoms with E-state index in [1.165, 1.54) is 0 Å². The molecule has 3 rings (SSSR count). The van der Waals surface area contributed by atoms with Gasteiger partial charge in [0.15, 0.2) is 0 Å². The molecule has 0 atom stereocenters. The zero-order chi connectivity index (χ0) is 22.8. The van der Waals surface area contributed by atoms with Gasteiger partial charge in [-0.3, -0.25) is 9.59 Å². The molecule has 6 heteroatoms. The summed E-state index contributed by atoms with van der Waals surface area (Å²) in [5, 5.41) is 8.78. The van der Waals surface area contributed by atoms with Crippen molar-refractivity contribution >= 4 is 23.2 Å². The molecule has 0 saturated heterocycles. The van der Waals surface area contributed by atoms with Gasteiger partial charge < -0.3 is 20.7 Å². The van der Waals surface area contributed by atoms with E-state index in [4.69, 9.17) is 4.74 Å². The van der Waals surface area contributed by atoms with E-state index >= 15 is 0 Å². The molecule has 0 spiro atoms. The first-order chi connectivity index (χ1) is 15.5. The van der Waals surface area contributed by atoms with E-state index in [9.17, 15) is 9.59 Å². The molecule has 0 aliphatic heterocycles. The second kappa shape index (κ2) is 11.4. The number of amides is 2. The van der Waals surface area contributed by atoms with Gasteiger partial charge in [0, 0.05) is 23.5 Å². The number of carbonyl (C=O) groups excluding carboxylic acids is 2. The Morgan fingerprint density at radius 1 is 0.906 bits per heavy atom. The average molecular weight is 430 g/mol. The molecule has 0 unspecified atom stereocenters. The molecule has 0 bridgehead atoms. The van der Waals surface area contributed by atoms with Gasteiger partial charge >= 0.3 is 0 Å². The van der Waals surface area contributed by atoms with E-state index in [0.717, 1.165) is 11.1 Å². The summed E-state index contributed by atoms with van der Waals surface area (Å²) in [6, 6.07) is 23.9. The fraction of sp³-hybridized carbons (Fsp3) is 0.154. The summed E-state index contributed by atoms with van der Waals surface area (Å²) in [5.74, 6) is 0.349. The SMILES string of the molecule is C=C(C)COc1ccc(NC(=O)CNc2cccc(C(=O)NCc3ccccc3)c2)cc1. The summed E-state index contributed by atoms with van der Waals surface area (Å²) in [6.45, 7) is 6.68. The largest absolute Gasteiger partial charge is 0.489 e. The third-order valence-electron chi connectivity index (χ3n) is 4.50. The smallest absolute Gasteiger partial charge is 0.251 e. The maximum atomic E-state index is 12.4. The van der Waals surface area contributed by atoms with Crippen LogP contribution < -0.4 is 20.7 Å². The molecule has 0 heterocycles. The third kappa shape index (κ3) is 7.32. The summed E-state index contributed by atoms with van der Waals surface area (Å²) in [4.78, 5) is 24.7. The van der Waals surface area contributed by atoms with Crippen molar-refractivity contribution in [1.82, 2.24) is 5.32 Å². The van der Waals surface area contributed by atoms with Crippen molar-refractivity contribution in [3.63, 3.8) is 0 Å². The number of ether oxygens (including phenoxy) is 1. The second-order valence-corrected chi connectivity index (χ2v) is 7.42. The van der Waals surface area contributed by atoms with Crippen molar-refractivity contribution in [3.8, 4) is 5.75 Å². The Balaban J connectivity index is 1.47. The second-order valence-electron chi connectivity index (χ2n) is 7.42. The Morgan fingerprint density at radius 2 is 1.66 bits per heavy atom. The molecule has 3 N–H and O–H groups in total. The van der Waals surface area contributed by atoms with E-state index in [0.29, 0.717) is 35.8 Å². The number of nitrogens with one attached hydrogen (secondary N) is 3. The minimum absolute atomic E-state index is 0.0724. The Morgan fingerprint density at radius 3 is 2.38 bits per heavy atom. The van der Waals surface area contributed by atoms with Gasteiger partial charge in [-0.05, 0) is 60.5 Å². The van der Waals surface area contributed by atoms with Gasteiger partial charge in [0.1, 0.15) is 12.4 Å². The lowest BCUT2D eigenvalue weighted by atomic mass is 10.1. The van der Waals surface area contributed by atoms with Crippen LogP contribution in [0.15, 0.2) is 91.0 Å². The lowest BCUT2D eigenvalue weighted by molar-refractivity contribution is -0.114. The van der Waals surface area contributed by atoms with Crippen LogP contribution in [-0.2, 0) is 11.3 Å². The van der Waals surface area contributed by atoms with Crippen molar-refractivity contribution in [2.45, 2.75) is 13.5 Å². The van der Waals surface area contributed by atoms with E-state index in [2.05, 4.69) is 22.5 Å². The first kappa shape index (κ1) is 22.6. The number of hydrogen-bond acceptors (Lipinski definition) is 4. The number of rotatable bonds is 10. The van der Waals surface area contributed by atoms with Gasteiger partial charge in [0.05, 0.1) is 6.54 Å². The molecule has 3 aromatic rings. The molecule has 0 aliphatic rings. The Bertz CT molecular complexity index is 1060. The zero-order valence-electron chi connectivity index (χ0n) is 18.1. The standard InChI is InChI=1S/C26H27N3O3/c1-19(2)18-32-24-13-11-22(12-14-24)29-25(30)17-27-23-10-6-9-21(15-23)26(31)28-16-20-7-4-3-5-8-20/h3-15,27H,1,16-18H2,2H3,(H,28,31)(H,29,30). The zero-order valence-corrected chi connectivity index (χ0v) is 18.1. The topological polar surface area (TPSA) is 79.5 Å². The van der Waals surface area contributed by atoms with Crippen LogP contribution in [0.25, 0.3) is 0 Å². The Hall–Kier alpha value is -4.06. The lowest BCUT2D eigenvalue weighted by Crippen LogP contribution is -2.23. The molecular weight excluding hydrogens is 402 g/mol. The highest BCUT2D eigenvalue weighted by Gasteiger charge is 2.08. The molecule has 32 heavy (non-hydrogen) atoms. The molecule has 0 aliphatic carbocycles. The maximum absolute atomic E-state index is 12.4. The highest BCUT2D eigenvalue weighted by Crippen LogP contribution is 2.16. The number of anilines is 2. The summed E-state index contributed by atoms with van der Waals surface area (Å²) >= 11 is 0. The molecule has 0 radical (unpaired) electrons. The number of carbonyl (C=O) groups is 2. The van der Waals surface area contributed by atoms with Crippen molar-refractivity contribution < 1.29 is 14.3 Å². The molecule has 0 saturated carbocycles. The normalized spacial score (nSPS) is 10.2. The predicted molar refractivity (Wildman–Crippen MR) is 128 cm³/mol. The van der Waals surface area contributed by atoms with Crippen LogP contribution >= 0.6 is 0 Å². The highest BCUT2D eigenvalue weighted by molar-refractivity contribution is 5.96. The van der Waals surface area contributed by atoms with Crippen LogP contribution in [0.1, 0.15) is 22.8 Å². The van der Waals surface area contributed by atoms with Crippen LogP contribution in [-0.4, -0.2) is 25.0 Å².